The zero-order valence-corrected chi connectivity index (χ0v) is 17.5. The van der Waals surface area contributed by atoms with Gasteiger partial charge in [0.25, 0.3) is 0 Å². The number of benzene rings is 3. The SMILES string of the molecule is O=C(C=Cc1ccc(-c2nc3ccccc3s2)cc1)C=Cc1c(Cl)cccc1Cl. The Morgan fingerprint density at radius 1 is 0.828 bits per heavy atom. The molecule has 29 heavy (non-hydrogen) atoms. The van der Waals surface area contributed by atoms with Gasteiger partial charge in [-0.1, -0.05) is 71.7 Å². The van der Waals surface area contributed by atoms with Crippen molar-refractivity contribution in [2.75, 3.05) is 0 Å². The van der Waals surface area contributed by atoms with Crippen LogP contribution in [-0.2, 0) is 4.79 Å². The van der Waals surface area contributed by atoms with Crippen LogP contribution in [0.1, 0.15) is 11.1 Å². The van der Waals surface area contributed by atoms with E-state index in [0.29, 0.717) is 15.6 Å². The summed E-state index contributed by atoms with van der Waals surface area (Å²) in [5.41, 5.74) is 3.64. The van der Waals surface area contributed by atoms with Crippen molar-refractivity contribution >= 4 is 62.7 Å². The fraction of sp³-hybridized carbons (Fsp3) is 0. The van der Waals surface area contributed by atoms with Crippen LogP contribution in [0, 0.1) is 0 Å². The van der Waals surface area contributed by atoms with Gasteiger partial charge in [-0.25, -0.2) is 4.98 Å². The number of aromatic nitrogens is 1. The molecule has 1 aromatic heterocycles. The molecule has 0 aliphatic carbocycles. The van der Waals surface area contributed by atoms with Gasteiger partial charge in [0.1, 0.15) is 5.01 Å². The minimum Gasteiger partial charge on any atom is -0.290 e. The molecule has 0 spiro atoms. The van der Waals surface area contributed by atoms with E-state index in [2.05, 4.69) is 11.1 Å². The first kappa shape index (κ1) is 19.6. The number of para-hydroxylation sites is 1. The van der Waals surface area contributed by atoms with E-state index >= 15 is 0 Å². The number of ketones is 1. The number of nitrogens with zero attached hydrogens (tertiary/aromatic N) is 1. The molecule has 0 saturated carbocycles. The van der Waals surface area contributed by atoms with Crippen LogP contribution in [0.3, 0.4) is 0 Å². The molecule has 0 amide bonds. The van der Waals surface area contributed by atoms with Gasteiger partial charge in [0, 0.05) is 21.2 Å². The summed E-state index contributed by atoms with van der Waals surface area (Å²) in [5.74, 6) is -0.142. The lowest BCUT2D eigenvalue weighted by Gasteiger charge is -2.00. The van der Waals surface area contributed by atoms with Crippen molar-refractivity contribution in [2.45, 2.75) is 0 Å². The van der Waals surface area contributed by atoms with E-state index in [9.17, 15) is 4.79 Å². The first-order valence-electron chi connectivity index (χ1n) is 8.90. The third-order valence-corrected chi connectivity index (χ3v) is 6.05. The predicted molar refractivity (Wildman–Crippen MR) is 125 cm³/mol. The van der Waals surface area contributed by atoms with Gasteiger partial charge in [0.05, 0.1) is 10.2 Å². The van der Waals surface area contributed by atoms with Gasteiger partial charge in [-0.2, -0.15) is 0 Å². The van der Waals surface area contributed by atoms with Gasteiger partial charge in [-0.15, -0.1) is 11.3 Å². The standard InChI is InChI=1S/C24H15Cl2NOS/c25-20-4-3-5-21(26)19(20)15-14-18(28)13-10-16-8-11-17(12-9-16)24-27-22-6-1-2-7-23(22)29-24/h1-15H. The molecule has 142 valence electrons. The Balaban J connectivity index is 1.46. The second kappa shape index (κ2) is 8.75. The Morgan fingerprint density at radius 3 is 2.24 bits per heavy atom. The highest BCUT2D eigenvalue weighted by molar-refractivity contribution is 7.21. The Kier molecular flexibility index (Phi) is 5.91. The zero-order valence-electron chi connectivity index (χ0n) is 15.2. The molecule has 4 aromatic rings. The van der Waals surface area contributed by atoms with Gasteiger partial charge in [-0.05, 0) is 48.1 Å². The highest BCUT2D eigenvalue weighted by atomic mass is 35.5. The van der Waals surface area contributed by atoms with Crippen LogP contribution in [0.25, 0.3) is 32.9 Å². The first-order chi connectivity index (χ1) is 14.1. The van der Waals surface area contributed by atoms with Crippen molar-refractivity contribution in [1.29, 1.82) is 0 Å². The number of fused-ring (bicyclic) bond motifs is 1. The summed E-state index contributed by atoms with van der Waals surface area (Å²) in [6.07, 6.45) is 6.39. The van der Waals surface area contributed by atoms with Gasteiger partial charge >= 0.3 is 0 Å². The number of thiazole rings is 1. The molecule has 0 bridgehead atoms. The van der Waals surface area contributed by atoms with Gasteiger partial charge in [0.2, 0.25) is 0 Å². The quantitative estimate of drug-likeness (QED) is 0.302. The number of hydrogen-bond acceptors (Lipinski definition) is 3. The van der Waals surface area contributed by atoms with E-state index < -0.39 is 0 Å². The zero-order chi connectivity index (χ0) is 20.2. The third kappa shape index (κ3) is 4.65. The molecule has 0 aliphatic rings. The number of halogens is 2. The molecule has 0 aliphatic heterocycles. The molecule has 0 atom stereocenters. The molecule has 0 unspecified atom stereocenters. The lowest BCUT2D eigenvalue weighted by atomic mass is 10.1. The van der Waals surface area contributed by atoms with Crippen LogP contribution in [0.2, 0.25) is 10.0 Å². The average Bonchev–Trinajstić information content (AvgIpc) is 3.16. The molecule has 4 rings (SSSR count). The van der Waals surface area contributed by atoms with Crippen LogP contribution >= 0.6 is 34.5 Å². The molecule has 5 heteroatoms. The highest BCUT2D eigenvalue weighted by Gasteiger charge is 2.05. The van der Waals surface area contributed by atoms with Crippen molar-refractivity contribution in [3.05, 3.63) is 100 Å². The fourth-order valence-corrected chi connectivity index (χ4v) is 4.30. The second-order valence-corrected chi connectivity index (χ2v) is 8.16. The van der Waals surface area contributed by atoms with Crippen LogP contribution in [-0.4, -0.2) is 10.8 Å². The largest absolute Gasteiger partial charge is 0.290 e. The minimum atomic E-state index is -0.142. The molecular formula is C24H15Cl2NOS. The summed E-state index contributed by atoms with van der Waals surface area (Å²) in [6.45, 7) is 0. The van der Waals surface area contributed by atoms with Crippen LogP contribution in [0.4, 0.5) is 0 Å². The van der Waals surface area contributed by atoms with E-state index in [0.717, 1.165) is 21.7 Å². The molecule has 2 nitrogen and oxygen atoms in total. The Hall–Kier alpha value is -2.72. The average molecular weight is 436 g/mol. The Labute approximate surface area is 182 Å². The van der Waals surface area contributed by atoms with Crippen LogP contribution < -0.4 is 0 Å². The van der Waals surface area contributed by atoms with Crippen molar-refractivity contribution in [3.63, 3.8) is 0 Å². The minimum absolute atomic E-state index is 0.142. The maximum Gasteiger partial charge on any atom is 0.178 e. The van der Waals surface area contributed by atoms with Gasteiger partial charge < -0.3 is 0 Å². The number of carbonyl (C=O) groups excluding carboxylic acids is 1. The first-order valence-corrected chi connectivity index (χ1v) is 10.5. The van der Waals surface area contributed by atoms with Gasteiger partial charge in [-0.3, -0.25) is 4.79 Å². The highest BCUT2D eigenvalue weighted by Crippen LogP contribution is 2.30. The van der Waals surface area contributed by atoms with E-state index in [1.54, 1.807) is 41.7 Å². The lowest BCUT2D eigenvalue weighted by Crippen LogP contribution is -1.86. The van der Waals surface area contributed by atoms with Crippen molar-refractivity contribution in [3.8, 4) is 10.6 Å². The van der Waals surface area contributed by atoms with Crippen LogP contribution in [0.15, 0.2) is 78.9 Å². The summed E-state index contributed by atoms with van der Waals surface area (Å²) in [4.78, 5) is 16.8. The summed E-state index contributed by atoms with van der Waals surface area (Å²) in [5, 5.41) is 2.00. The summed E-state index contributed by atoms with van der Waals surface area (Å²) < 4.78 is 1.17. The summed E-state index contributed by atoms with van der Waals surface area (Å²) in [7, 11) is 0. The summed E-state index contributed by atoms with van der Waals surface area (Å²) >= 11 is 13.9. The van der Waals surface area contributed by atoms with Gasteiger partial charge in [0.15, 0.2) is 5.78 Å². The topological polar surface area (TPSA) is 30.0 Å². The smallest absolute Gasteiger partial charge is 0.178 e. The third-order valence-electron chi connectivity index (χ3n) is 4.31. The maximum absolute atomic E-state index is 12.1. The molecule has 1 heterocycles. The summed E-state index contributed by atoms with van der Waals surface area (Å²) in [6, 6.07) is 21.3. The van der Waals surface area contributed by atoms with E-state index in [4.69, 9.17) is 23.2 Å². The van der Waals surface area contributed by atoms with Crippen LogP contribution in [0.5, 0.6) is 0 Å². The molecule has 0 saturated heterocycles. The van der Waals surface area contributed by atoms with Crippen molar-refractivity contribution < 1.29 is 4.79 Å². The lowest BCUT2D eigenvalue weighted by molar-refractivity contribution is -0.110. The number of carbonyl (C=O) groups is 1. The maximum atomic E-state index is 12.1. The van der Waals surface area contributed by atoms with E-state index in [1.165, 1.54) is 16.9 Å². The van der Waals surface area contributed by atoms with E-state index in [1.807, 2.05) is 42.5 Å². The number of rotatable bonds is 5. The number of allylic oxidation sites excluding steroid dienone is 2. The number of hydrogen-bond donors (Lipinski definition) is 0. The van der Waals surface area contributed by atoms with Crippen molar-refractivity contribution in [2.24, 2.45) is 0 Å². The molecule has 0 radical (unpaired) electrons. The normalized spacial score (nSPS) is 11.7. The van der Waals surface area contributed by atoms with E-state index in [-0.39, 0.29) is 5.78 Å². The predicted octanol–water partition coefficient (Wildman–Crippen LogP) is 7.57. The van der Waals surface area contributed by atoms with Crippen molar-refractivity contribution in [1.82, 2.24) is 4.98 Å². The fourth-order valence-electron chi connectivity index (χ4n) is 2.80. The molecule has 0 fully saturated rings. The second-order valence-electron chi connectivity index (χ2n) is 6.31. The monoisotopic (exact) mass is 435 g/mol. The molecule has 3 aromatic carbocycles. The molecular weight excluding hydrogens is 421 g/mol. The Bertz CT molecular complexity index is 1190. The Morgan fingerprint density at radius 2 is 1.52 bits per heavy atom. The molecule has 0 N–H and O–H groups in total.